The van der Waals surface area contributed by atoms with Crippen molar-refractivity contribution in [1.29, 1.82) is 0 Å². The van der Waals surface area contributed by atoms with Gasteiger partial charge in [0.05, 0.1) is 5.69 Å². The van der Waals surface area contributed by atoms with Gasteiger partial charge in [-0.25, -0.2) is 0 Å². The van der Waals surface area contributed by atoms with Crippen LogP contribution in [0.15, 0.2) is 30.3 Å². The molecule has 1 saturated heterocycles. The van der Waals surface area contributed by atoms with Crippen molar-refractivity contribution in [3.05, 3.63) is 36.0 Å². The number of aromatic nitrogens is 2. The molecule has 3 rings (SSSR count). The number of hydrogen-bond donors (Lipinski definition) is 3. The standard InChI is InChI=1S/C18H24N4O2/c1-22-10-4-5-13(12-22)8-9-19-18(24)16-11-15(20-21-16)14-6-2-3-7-17(14)23/h2-3,6-7,11,13,23H,4-5,8-10,12H2,1H3,(H,19,24)(H,20,21)/t13-/m0/s1. The number of amides is 1. The van der Waals surface area contributed by atoms with Crippen molar-refractivity contribution in [1.82, 2.24) is 20.4 Å². The Morgan fingerprint density at radius 1 is 1.46 bits per heavy atom. The molecule has 1 fully saturated rings. The Hall–Kier alpha value is -2.34. The van der Waals surface area contributed by atoms with Gasteiger partial charge in [-0.2, -0.15) is 5.10 Å². The topological polar surface area (TPSA) is 81.2 Å². The van der Waals surface area contributed by atoms with Crippen LogP contribution in [-0.2, 0) is 0 Å². The highest BCUT2D eigenvalue weighted by Crippen LogP contribution is 2.27. The van der Waals surface area contributed by atoms with Crippen molar-refractivity contribution in [2.24, 2.45) is 5.92 Å². The second-order valence-corrected chi connectivity index (χ2v) is 6.50. The van der Waals surface area contributed by atoms with Gasteiger partial charge < -0.3 is 15.3 Å². The molecule has 3 N–H and O–H groups in total. The summed E-state index contributed by atoms with van der Waals surface area (Å²) in [7, 11) is 2.15. The first-order valence-corrected chi connectivity index (χ1v) is 8.44. The van der Waals surface area contributed by atoms with Crippen LogP contribution in [0, 0.1) is 5.92 Å². The maximum atomic E-state index is 12.2. The third kappa shape index (κ3) is 3.94. The van der Waals surface area contributed by atoms with E-state index in [1.54, 1.807) is 24.3 Å². The number of phenolic OH excluding ortho intramolecular Hbond substituents is 1. The van der Waals surface area contributed by atoms with Crippen molar-refractivity contribution in [2.45, 2.75) is 19.3 Å². The summed E-state index contributed by atoms with van der Waals surface area (Å²) in [5.41, 5.74) is 1.58. The molecule has 0 aliphatic carbocycles. The third-order valence-electron chi connectivity index (χ3n) is 4.56. The van der Waals surface area contributed by atoms with Gasteiger partial charge in [-0.1, -0.05) is 12.1 Å². The molecule has 128 valence electrons. The van der Waals surface area contributed by atoms with Crippen LogP contribution in [0.5, 0.6) is 5.75 Å². The van der Waals surface area contributed by atoms with E-state index in [1.807, 2.05) is 6.07 Å². The van der Waals surface area contributed by atoms with E-state index >= 15 is 0 Å². The van der Waals surface area contributed by atoms with Crippen molar-refractivity contribution in [3.63, 3.8) is 0 Å². The lowest BCUT2D eigenvalue weighted by Gasteiger charge is -2.29. The molecule has 1 amide bonds. The van der Waals surface area contributed by atoms with Crippen molar-refractivity contribution in [3.8, 4) is 17.0 Å². The highest BCUT2D eigenvalue weighted by molar-refractivity contribution is 5.93. The summed E-state index contributed by atoms with van der Waals surface area (Å²) in [6, 6.07) is 8.61. The Morgan fingerprint density at radius 3 is 3.08 bits per heavy atom. The first-order chi connectivity index (χ1) is 11.6. The van der Waals surface area contributed by atoms with Crippen LogP contribution in [0.1, 0.15) is 29.8 Å². The van der Waals surface area contributed by atoms with Crippen LogP contribution in [0.25, 0.3) is 11.3 Å². The van der Waals surface area contributed by atoms with E-state index in [9.17, 15) is 9.90 Å². The lowest BCUT2D eigenvalue weighted by Crippen LogP contribution is -2.34. The number of hydrogen-bond acceptors (Lipinski definition) is 4. The molecule has 0 saturated carbocycles. The minimum absolute atomic E-state index is 0.150. The number of carbonyl (C=O) groups is 1. The number of nitrogens with zero attached hydrogens (tertiary/aromatic N) is 2. The zero-order valence-electron chi connectivity index (χ0n) is 14.0. The zero-order valence-corrected chi connectivity index (χ0v) is 14.0. The summed E-state index contributed by atoms with van der Waals surface area (Å²) < 4.78 is 0. The number of rotatable bonds is 5. The van der Waals surface area contributed by atoms with E-state index < -0.39 is 0 Å². The maximum Gasteiger partial charge on any atom is 0.269 e. The summed E-state index contributed by atoms with van der Waals surface area (Å²) >= 11 is 0. The summed E-state index contributed by atoms with van der Waals surface area (Å²) in [6.45, 7) is 2.95. The van der Waals surface area contributed by atoms with Gasteiger partial charge in [-0.15, -0.1) is 0 Å². The zero-order chi connectivity index (χ0) is 16.9. The van der Waals surface area contributed by atoms with Crippen molar-refractivity contribution < 1.29 is 9.90 Å². The fourth-order valence-electron chi connectivity index (χ4n) is 3.26. The fourth-order valence-corrected chi connectivity index (χ4v) is 3.26. The van der Waals surface area contributed by atoms with Gasteiger partial charge in [0.1, 0.15) is 11.4 Å². The molecule has 6 heteroatoms. The maximum absolute atomic E-state index is 12.2. The van der Waals surface area contributed by atoms with Gasteiger partial charge >= 0.3 is 0 Å². The number of aromatic hydroxyl groups is 1. The Balaban J connectivity index is 1.53. The second-order valence-electron chi connectivity index (χ2n) is 6.50. The van der Waals surface area contributed by atoms with E-state index in [2.05, 4.69) is 27.5 Å². The molecule has 1 aromatic heterocycles. The van der Waals surface area contributed by atoms with E-state index in [0.717, 1.165) is 13.0 Å². The van der Waals surface area contributed by atoms with Gasteiger partial charge in [0.25, 0.3) is 5.91 Å². The summed E-state index contributed by atoms with van der Waals surface area (Å²) in [6.07, 6.45) is 3.47. The monoisotopic (exact) mass is 328 g/mol. The van der Waals surface area contributed by atoms with Gasteiger partial charge in [0.15, 0.2) is 0 Å². The Labute approximate surface area is 141 Å². The van der Waals surface area contributed by atoms with Crippen LogP contribution in [0.4, 0.5) is 0 Å². The van der Waals surface area contributed by atoms with Crippen LogP contribution in [0.2, 0.25) is 0 Å². The number of phenols is 1. The average molecular weight is 328 g/mol. The summed E-state index contributed by atoms with van der Waals surface area (Å²) in [4.78, 5) is 14.6. The number of H-pyrrole nitrogens is 1. The molecular weight excluding hydrogens is 304 g/mol. The molecule has 1 aliphatic rings. The van der Waals surface area contributed by atoms with Gasteiger partial charge in [0.2, 0.25) is 0 Å². The number of benzene rings is 1. The molecule has 0 bridgehead atoms. The van der Waals surface area contributed by atoms with E-state index in [-0.39, 0.29) is 11.7 Å². The first-order valence-electron chi connectivity index (χ1n) is 8.44. The van der Waals surface area contributed by atoms with Crippen LogP contribution >= 0.6 is 0 Å². The quantitative estimate of drug-likeness (QED) is 0.786. The van der Waals surface area contributed by atoms with Gasteiger partial charge in [-0.05, 0) is 57.0 Å². The molecule has 2 aromatic rings. The first kappa shape index (κ1) is 16.5. The van der Waals surface area contributed by atoms with Crippen LogP contribution in [0.3, 0.4) is 0 Å². The normalized spacial score (nSPS) is 18.5. The van der Waals surface area contributed by atoms with Gasteiger partial charge in [0, 0.05) is 18.7 Å². The number of aromatic amines is 1. The van der Waals surface area contributed by atoms with E-state index in [0.29, 0.717) is 29.4 Å². The fraction of sp³-hybridized carbons (Fsp3) is 0.444. The lowest BCUT2D eigenvalue weighted by molar-refractivity contribution is 0.0943. The van der Waals surface area contributed by atoms with Crippen molar-refractivity contribution >= 4 is 5.91 Å². The average Bonchev–Trinajstić information content (AvgIpc) is 3.05. The predicted molar refractivity (Wildman–Crippen MR) is 92.9 cm³/mol. The minimum Gasteiger partial charge on any atom is -0.507 e. The number of likely N-dealkylation sites (tertiary alicyclic amines) is 1. The Morgan fingerprint density at radius 2 is 2.29 bits per heavy atom. The van der Waals surface area contributed by atoms with E-state index in [4.69, 9.17) is 0 Å². The highest BCUT2D eigenvalue weighted by atomic mass is 16.3. The molecule has 24 heavy (non-hydrogen) atoms. The summed E-state index contributed by atoms with van der Waals surface area (Å²) in [5.74, 6) is 0.647. The molecule has 6 nitrogen and oxygen atoms in total. The molecule has 2 heterocycles. The highest BCUT2D eigenvalue weighted by Gasteiger charge is 2.18. The second kappa shape index (κ2) is 7.49. The Kier molecular flexibility index (Phi) is 5.15. The third-order valence-corrected chi connectivity index (χ3v) is 4.56. The van der Waals surface area contributed by atoms with Crippen molar-refractivity contribution in [2.75, 3.05) is 26.7 Å². The summed E-state index contributed by atoms with van der Waals surface area (Å²) in [5, 5.41) is 19.7. The molecule has 1 atom stereocenters. The van der Waals surface area contributed by atoms with Crippen LogP contribution in [-0.4, -0.2) is 52.8 Å². The number of para-hydroxylation sites is 1. The lowest BCUT2D eigenvalue weighted by atomic mass is 9.95. The largest absolute Gasteiger partial charge is 0.507 e. The predicted octanol–water partition coefficient (Wildman–Crippen LogP) is 2.24. The molecule has 0 radical (unpaired) electrons. The SMILES string of the molecule is CN1CCC[C@@H](CCNC(=O)c2cc(-c3ccccc3O)n[nH]2)C1. The molecular formula is C18H24N4O2. The molecule has 1 aromatic carbocycles. The molecule has 1 aliphatic heterocycles. The molecule has 0 unspecified atom stereocenters. The smallest absolute Gasteiger partial charge is 0.269 e. The number of carbonyl (C=O) groups excluding carboxylic acids is 1. The minimum atomic E-state index is -0.159. The molecule has 0 spiro atoms. The van der Waals surface area contributed by atoms with E-state index in [1.165, 1.54) is 19.4 Å². The Bertz CT molecular complexity index is 698. The van der Waals surface area contributed by atoms with Gasteiger partial charge in [-0.3, -0.25) is 9.89 Å². The number of nitrogens with one attached hydrogen (secondary N) is 2. The van der Waals surface area contributed by atoms with Crippen LogP contribution < -0.4 is 5.32 Å². The number of piperidine rings is 1.